The van der Waals surface area contributed by atoms with Gasteiger partial charge in [-0.05, 0) is 24.3 Å². The quantitative estimate of drug-likeness (QED) is 0.764. The van der Waals surface area contributed by atoms with E-state index < -0.39 is 22.5 Å². The van der Waals surface area contributed by atoms with Crippen LogP contribution < -0.4 is 5.11 Å². The molecular weight excluding hydrogens is 266 g/mol. The Morgan fingerprint density at radius 2 is 1.88 bits per heavy atom. The number of carbonyl (C=O) groups excluding carboxylic acids is 1. The van der Waals surface area contributed by atoms with Crippen molar-refractivity contribution in [1.82, 2.24) is 4.31 Å². The monoisotopic (exact) mass is 276 g/mol. The van der Waals surface area contributed by atoms with Crippen LogP contribution >= 0.6 is 11.6 Å². The van der Waals surface area contributed by atoms with Gasteiger partial charge in [0, 0.05) is 11.6 Å². The minimum atomic E-state index is -3.81. The van der Waals surface area contributed by atoms with E-state index in [1.807, 2.05) is 0 Å². The summed E-state index contributed by atoms with van der Waals surface area (Å²) in [5.41, 5.74) is 0. The third-order valence-corrected chi connectivity index (χ3v) is 4.30. The number of hydrogen-bond donors (Lipinski definition) is 0. The number of benzene rings is 1. The van der Waals surface area contributed by atoms with Crippen LogP contribution in [0, 0.1) is 0 Å². The van der Waals surface area contributed by atoms with Gasteiger partial charge in [0.1, 0.15) is 0 Å². The average Bonchev–Trinajstić information content (AvgIpc) is 2.26. The molecule has 0 bridgehead atoms. The average molecular weight is 277 g/mol. The molecule has 0 saturated carbocycles. The second-order valence-corrected chi connectivity index (χ2v) is 5.63. The number of carboxylic acids is 1. The zero-order valence-electron chi connectivity index (χ0n) is 9.09. The molecule has 17 heavy (non-hydrogen) atoms. The van der Waals surface area contributed by atoms with Gasteiger partial charge in [-0.15, -0.1) is 0 Å². The SMILES string of the molecule is CCN(CC(=O)[O-])S(=O)(=O)c1ccc(Cl)cc1. The Hall–Kier alpha value is -1.11. The summed E-state index contributed by atoms with van der Waals surface area (Å²) in [4.78, 5) is 10.5. The minimum absolute atomic E-state index is 0.00463. The number of carbonyl (C=O) groups is 1. The van der Waals surface area contributed by atoms with Gasteiger partial charge in [-0.2, -0.15) is 4.31 Å². The number of rotatable bonds is 5. The molecule has 0 radical (unpaired) electrons. The molecule has 0 unspecified atom stereocenters. The Bertz CT molecular complexity index is 498. The van der Waals surface area contributed by atoms with Crippen LogP contribution in [0.1, 0.15) is 6.92 Å². The summed E-state index contributed by atoms with van der Waals surface area (Å²) >= 11 is 5.65. The number of aliphatic carboxylic acids is 1. The fraction of sp³-hybridized carbons (Fsp3) is 0.300. The van der Waals surface area contributed by atoms with E-state index in [9.17, 15) is 18.3 Å². The van der Waals surface area contributed by atoms with Gasteiger partial charge >= 0.3 is 0 Å². The van der Waals surface area contributed by atoms with E-state index in [1.54, 1.807) is 6.92 Å². The second-order valence-electron chi connectivity index (χ2n) is 3.26. The fourth-order valence-corrected chi connectivity index (χ4v) is 2.79. The third kappa shape index (κ3) is 3.42. The standard InChI is InChI=1S/C10H12ClNO4S/c1-2-12(7-10(13)14)17(15,16)9-5-3-8(11)4-6-9/h3-6H,2,7H2,1H3,(H,13,14)/p-1. The van der Waals surface area contributed by atoms with E-state index >= 15 is 0 Å². The van der Waals surface area contributed by atoms with Gasteiger partial charge in [-0.3, -0.25) is 0 Å². The Morgan fingerprint density at radius 3 is 2.29 bits per heavy atom. The second kappa shape index (κ2) is 5.48. The summed E-state index contributed by atoms with van der Waals surface area (Å²) in [6.07, 6.45) is 0. The first kappa shape index (κ1) is 14.0. The smallest absolute Gasteiger partial charge is 0.243 e. The van der Waals surface area contributed by atoms with Gasteiger partial charge in [-0.25, -0.2) is 8.42 Å². The van der Waals surface area contributed by atoms with Crippen molar-refractivity contribution in [1.29, 1.82) is 0 Å². The van der Waals surface area contributed by atoms with Crippen molar-refractivity contribution in [2.24, 2.45) is 0 Å². The predicted octanol–water partition coefficient (Wildman–Crippen LogP) is 0.101. The molecule has 0 atom stereocenters. The van der Waals surface area contributed by atoms with Crippen LogP contribution in [0.4, 0.5) is 0 Å². The van der Waals surface area contributed by atoms with E-state index in [1.165, 1.54) is 24.3 Å². The van der Waals surface area contributed by atoms with Crippen LogP contribution in [0.5, 0.6) is 0 Å². The van der Waals surface area contributed by atoms with Gasteiger partial charge < -0.3 is 9.90 Å². The lowest BCUT2D eigenvalue weighted by atomic mass is 10.4. The maximum absolute atomic E-state index is 12.0. The summed E-state index contributed by atoms with van der Waals surface area (Å²) < 4.78 is 24.8. The van der Waals surface area contributed by atoms with Crippen molar-refractivity contribution >= 4 is 27.6 Å². The first-order valence-corrected chi connectivity index (χ1v) is 6.65. The molecular formula is C10H11ClNO4S-. The van der Waals surface area contributed by atoms with Crippen molar-refractivity contribution in [3.63, 3.8) is 0 Å². The van der Waals surface area contributed by atoms with Crippen LogP contribution in [0.2, 0.25) is 5.02 Å². The maximum Gasteiger partial charge on any atom is 0.243 e. The first-order chi connectivity index (χ1) is 7.87. The van der Waals surface area contributed by atoms with Crippen LogP contribution in [0.25, 0.3) is 0 Å². The lowest BCUT2D eigenvalue weighted by Crippen LogP contribution is -2.41. The van der Waals surface area contributed by atoms with Crippen LogP contribution in [-0.4, -0.2) is 31.8 Å². The van der Waals surface area contributed by atoms with Gasteiger partial charge in [0.05, 0.1) is 17.4 Å². The topological polar surface area (TPSA) is 77.5 Å². The highest BCUT2D eigenvalue weighted by Crippen LogP contribution is 2.17. The molecule has 0 aliphatic rings. The van der Waals surface area contributed by atoms with Gasteiger partial charge in [0.25, 0.3) is 0 Å². The van der Waals surface area contributed by atoms with Crippen LogP contribution in [-0.2, 0) is 14.8 Å². The van der Waals surface area contributed by atoms with E-state index in [-0.39, 0.29) is 11.4 Å². The molecule has 0 aliphatic heterocycles. The number of nitrogens with zero attached hydrogens (tertiary/aromatic N) is 1. The normalized spacial score (nSPS) is 11.7. The van der Waals surface area contributed by atoms with Crippen molar-refractivity contribution in [2.75, 3.05) is 13.1 Å². The maximum atomic E-state index is 12.0. The largest absolute Gasteiger partial charge is 0.549 e. The molecule has 0 aliphatic carbocycles. The molecule has 0 amide bonds. The molecule has 0 spiro atoms. The van der Waals surface area contributed by atoms with Crippen molar-refractivity contribution in [2.45, 2.75) is 11.8 Å². The van der Waals surface area contributed by atoms with Gasteiger partial charge in [-0.1, -0.05) is 18.5 Å². The molecule has 0 heterocycles. The Labute approximate surface area is 105 Å². The molecule has 0 fully saturated rings. The van der Waals surface area contributed by atoms with Crippen molar-refractivity contribution in [3.8, 4) is 0 Å². The predicted molar refractivity (Wildman–Crippen MR) is 60.9 cm³/mol. The number of likely N-dealkylation sites (N-methyl/N-ethyl adjacent to an activating group) is 1. The van der Waals surface area contributed by atoms with Crippen LogP contribution in [0.3, 0.4) is 0 Å². The highest BCUT2D eigenvalue weighted by molar-refractivity contribution is 7.89. The number of hydrogen-bond acceptors (Lipinski definition) is 4. The highest BCUT2D eigenvalue weighted by Gasteiger charge is 2.22. The molecule has 7 heteroatoms. The van der Waals surface area contributed by atoms with E-state index in [2.05, 4.69) is 0 Å². The Morgan fingerprint density at radius 1 is 1.35 bits per heavy atom. The van der Waals surface area contributed by atoms with Gasteiger partial charge in [0.15, 0.2) is 0 Å². The summed E-state index contributed by atoms with van der Waals surface area (Å²) in [6.45, 7) is 0.941. The number of carboxylic acid groups (broad SMARTS) is 1. The highest BCUT2D eigenvalue weighted by atomic mass is 35.5. The summed E-state index contributed by atoms with van der Waals surface area (Å²) in [6, 6.07) is 5.52. The molecule has 0 N–H and O–H groups in total. The Balaban J connectivity index is 3.08. The zero-order chi connectivity index (χ0) is 13.1. The molecule has 5 nitrogen and oxygen atoms in total. The van der Waals surface area contributed by atoms with E-state index in [0.717, 1.165) is 4.31 Å². The Kier molecular flexibility index (Phi) is 4.50. The third-order valence-electron chi connectivity index (χ3n) is 2.11. The van der Waals surface area contributed by atoms with E-state index in [4.69, 9.17) is 11.6 Å². The van der Waals surface area contributed by atoms with E-state index in [0.29, 0.717) is 5.02 Å². The zero-order valence-corrected chi connectivity index (χ0v) is 10.7. The lowest BCUT2D eigenvalue weighted by molar-refractivity contribution is -0.305. The minimum Gasteiger partial charge on any atom is -0.549 e. The summed E-state index contributed by atoms with van der Waals surface area (Å²) in [5.74, 6) is -1.44. The molecule has 94 valence electrons. The molecule has 0 aromatic heterocycles. The molecule has 1 aromatic rings. The summed E-state index contributed by atoms with van der Waals surface area (Å²) in [7, 11) is -3.81. The summed E-state index contributed by atoms with van der Waals surface area (Å²) in [5, 5.41) is 10.9. The molecule has 1 aromatic carbocycles. The fourth-order valence-electron chi connectivity index (χ4n) is 1.27. The number of sulfonamides is 1. The molecule has 0 saturated heterocycles. The first-order valence-electron chi connectivity index (χ1n) is 4.83. The molecule has 1 rings (SSSR count). The van der Waals surface area contributed by atoms with Gasteiger partial charge in [0.2, 0.25) is 10.0 Å². The number of halogens is 1. The van der Waals surface area contributed by atoms with Crippen molar-refractivity contribution in [3.05, 3.63) is 29.3 Å². The van der Waals surface area contributed by atoms with Crippen LogP contribution in [0.15, 0.2) is 29.2 Å². The van der Waals surface area contributed by atoms with Crippen molar-refractivity contribution < 1.29 is 18.3 Å². The lowest BCUT2D eigenvalue weighted by Gasteiger charge is -2.20.